The lowest BCUT2D eigenvalue weighted by molar-refractivity contribution is 0.0774. The van der Waals surface area contributed by atoms with Crippen LogP contribution in [0, 0.1) is 5.92 Å². The normalized spacial score (nSPS) is 18.7. The van der Waals surface area contributed by atoms with E-state index in [0.29, 0.717) is 5.92 Å². The third-order valence-electron chi connectivity index (χ3n) is 4.08. The van der Waals surface area contributed by atoms with Gasteiger partial charge in [0.15, 0.2) is 0 Å². The van der Waals surface area contributed by atoms with Crippen LogP contribution in [0.5, 0.6) is 0 Å². The van der Waals surface area contributed by atoms with Crippen molar-refractivity contribution >= 4 is 11.6 Å². The van der Waals surface area contributed by atoms with Crippen LogP contribution in [0.25, 0.3) is 0 Å². The average molecular weight is 289 g/mol. The first-order valence-electron chi connectivity index (χ1n) is 7.88. The summed E-state index contributed by atoms with van der Waals surface area (Å²) in [5, 5.41) is 3.32. The summed E-state index contributed by atoms with van der Waals surface area (Å²) >= 11 is 0. The molecule has 0 aliphatic carbocycles. The van der Waals surface area contributed by atoms with Crippen molar-refractivity contribution in [2.24, 2.45) is 5.92 Å². The second-order valence-corrected chi connectivity index (χ2v) is 6.11. The molecule has 1 N–H and O–H groups in total. The second kappa shape index (κ2) is 7.46. The number of benzene rings is 1. The zero-order chi connectivity index (χ0) is 15.2. The van der Waals surface area contributed by atoms with Crippen LogP contribution < -0.4 is 5.32 Å². The zero-order valence-electron chi connectivity index (χ0n) is 13.4. The number of carbonyl (C=O) groups excluding carboxylic acids is 1. The molecular weight excluding hydrogens is 262 g/mol. The number of nitrogens with zero attached hydrogens (tertiary/aromatic N) is 2. The predicted molar refractivity (Wildman–Crippen MR) is 87.8 cm³/mol. The number of amides is 1. The van der Waals surface area contributed by atoms with E-state index in [1.54, 1.807) is 0 Å². The molecule has 4 heteroatoms. The molecule has 1 heterocycles. The summed E-state index contributed by atoms with van der Waals surface area (Å²) in [7, 11) is 4.05. The predicted octanol–water partition coefficient (Wildman–Crippen LogP) is 2.53. The first-order chi connectivity index (χ1) is 10.1. The molecule has 4 nitrogen and oxygen atoms in total. The van der Waals surface area contributed by atoms with E-state index < -0.39 is 0 Å². The lowest BCUT2D eigenvalue weighted by Gasteiger charge is -2.21. The molecule has 1 fully saturated rings. The Kier molecular flexibility index (Phi) is 5.62. The Hall–Kier alpha value is -1.55. The summed E-state index contributed by atoms with van der Waals surface area (Å²) in [6.07, 6.45) is 2.28. The summed E-state index contributed by atoms with van der Waals surface area (Å²) in [6.45, 7) is 6.18. The fraction of sp³-hybridized carbons (Fsp3) is 0.588. The number of rotatable bonds is 6. The van der Waals surface area contributed by atoms with E-state index in [1.807, 2.05) is 36.2 Å². The van der Waals surface area contributed by atoms with Gasteiger partial charge in [-0.3, -0.25) is 4.79 Å². The van der Waals surface area contributed by atoms with Gasteiger partial charge in [-0.15, -0.1) is 0 Å². The lowest BCUT2D eigenvalue weighted by atomic mass is 10.1. The Morgan fingerprint density at radius 1 is 1.38 bits per heavy atom. The molecule has 1 aliphatic rings. The van der Waals surface area contributed by atoms with Gasteiger partial charge in [0.25, 0.3) is 5.91 Å². The molecular formula is C17H27N3O. The van der Waals surface area contributed by atoms with Gasteiger partial charge in [-0.05, 0) is 56.6 Å². The van der Waals surface area contributed by atoms with Crippen LogP contribution in [-0.4, -0.2) is 56.0 Å². The van der Waals surface area contributed by atoms with Crippen LogP contribution in [0.1, 0.15) is 30.1 Å². The minimum atomic E-state index is 0.117. The van der Waals surface area contributed by atoms with Gasteiger partial charge in [0.2, 0.25) is 0 Å². The molecule has 0 bridgehead atoms. The van der Waals surface area contributed by atoms with Crippen LogP contribution in [0.4, 0.5) is 5.69 Å². The molecule has 1 aromatic carbocycles. The minimum Gasteiger partial charge on any atom is -0.385 e. The molecule has 0 aromatic heterocycles. The Bertz CT molecular complexity index is 458. The zero-order valence-corrected chi connectivity index (χ0v) is 13.4. The molecule has 0 radical (unpaired) electrons. The van der Waals surface area contributed by atoms with E-state index in [0.717, 1.165) is 43.9 Å². The Balaban J connectivity index is 1.89. The quantitative estimate of drug-likeness (QED) is 0.874. The van der Waals surface area contributed by atoms with Gasteiger partial charge >= 0.3 is 0 Å². The number of hydrogen-bond donors (Lipinski definition) is 1. The van der Waals surface area contributed by atoms with E-state index in [1.165, 1.54) is 6.42 Å². The summed E-state index contributed by atoms with van der Waals surface area (Å²) in [5.41, 5.74) is 1.85. The van der Waals surface area contributed by atoms with E-state index in [9.17, 15) is 4.79 Å². The van der Waals surface area contributed by atoms with Crippen molar-refractivity contribution in [2.45, 2.75) is 19.8 Å². The minimum absolute atomic E-state index is 0.117. The highest BCUT2D eigenvalue weighted by atomic mass is 16.2. The average Bonchev–Trinajstić information content (AvgIpc) is 2.90. The standard InChI is InChI=1S/C17H27N3O/c1-4-10-18-16-7-5-15(6-8-16)17(21)20(3)13-14-9-11-19(2)12-14/h5-8,14,18H,4,9-13H2,1-3H3. The summed E-state index contributed by atoms with van der Waals surface area (Å²) in [4.78, 5) is 16.6. The molecule has 2 rings (SSSR count). The number of nitrogens with one attached hydrogen (secondary N) is 1. The number of anilines is 1. The SMILES string of the molecule is CCCNc1ccc(C(=O)N(C)CC2CCN(C)C2)cc1. The maximum atomic E-state index is 12.4. The van der Waals surface area contributed by atoms with E-state index in [2.05, 4.69) is 24.2 Å². The van der Waals surface area contributed by atoms with Gasteiger partial charge in [0, 0.05) is 37.9 Å². The fourth-order valence-corrected chi connectivity index (χ4v) is 2.87. The fourth-order valence-electron chi connectivity index (χ4n) is 2.87. The van der Waals surface area contributed by atoms with Crippen molar-refractivity contribution < 1.29 is 4.79 Å². The molecule has 0 spiro atoms. The van der Waals surface area contributed by atoms with E-state index in [4.69, 9.17) is 0 Å². The maximum absolute atomic E-state index is 12.4. The molecule has 1 aliphatic heterocycles. The van der Waals surface area contributed by atoms with Gasteiger partial charge in [-0.1, -0.05) is 6.92 Å². The number of carbonyl (C=O) groups is 1. The van der Waals surface area contributed by atoms with Crippen LogP contribution in [0.3, 0.4) is 0 Å². The summed E-state index contributed by atoms with van der Waals surface area (Å²) in [6, 6.07) is 7.80. The van der Waals surface area contributed by atoms with Crippen molar-refractivity contribution in [3.8, 4) is 0 Å². The summed E-state index contributed by atoms with van der Waals surface area (Å²) < 4.78 is 0. The lowest BCUT2D eigenvalue weighted by Crippen LogP contribution is -2.32. The largest absolute Gasteiger partial charge is 0.385 e. The van der Waals surface area contributed by atoms with Gasteiger partial charge < -0.3 is 15.1 Å². The van der Waals surface area contributed by atoms with Crippen molar-refractivity contribution in [3.05, 3.63) is 29.8 Å². The molecule has 1 aromatic rings. The van der Waals surface area contributed by atoms with E-state index >= 15 is 0 Å². The van der Waals surface area contributed by atoms with Crippen LogP contribution in [0.15, 0.2) is 24.3 Å². The van der Waals surface area contributed by atoms with Gasteiger partial charge in [0.1, 0.15) is 0 Å². The Morgan fingerprint density at radius 3 is 2.67 bits per heavy atom. The molecule has 116 valence electrons. The second-order valence-electron chi connectivity index (χ2n) is 6.11. The third-order valence-corrected chi connectivity index (χ3v) is 4.08. The molecule has 21 heavy (non-hydrogen) atoms. The molecule has 1 saturated heterocycles. The molecule has 1 atom stereocenters. The molecule has 0 saturated carbocycles. The van der Waals surface area contributed by atoms with Crippen molar-refractivity contribution in [2.75, 3.05) is 45.6 Å². The third kappa shape index (κ3) is 4.46. The van der Waals surface area contributed by atoms with Gasteiger partial charge in [-0.25, -0.2) is 0 Å². The topological polar surface area (TPSA) is 35.6 Å². The van der Waals surface area contributed by atoms with Crippen molar-refractivity contribution in [1.29, 1.82) is 0 Å². The van der Waals surface area contributed by atoms with Gasteiger partial charge in [-0.2, -0.15) is 0 Å². The van der Waals surface area contributed by atoms with E-state index in [-0.39, 0.29) is 5.91 Å². The maximum Gasteiger partial charge on any atom is 0.253 e. The highest BCUT2D eigenvalue weighted by molar-refractivity contribution is 5.94. The Labute approximate surface area is 128 Å². The highest BCUT2D eigenvalue weighted by Crippen LogP contribution is 2.17. The van der Waals surface area contributed by atoms with Crippen LogP contribution >= 0.6 is 0 Å². The number of hydrogen-bond acceptors (Lipinski definition) is 3. The first kappa shape index (κ1) is 15.8. The smallest absolute Gasteiger partial charge is 0.253 e. The van der Waals surface area contributed by atoms with Crippen LogP contribution in [-0.2, 0) is 0 Å². The van der Waals surface area contributed by atoms with Crippen LogP contribution in [0.2, 0.25) is 0 Å². The molecule has 1 unspecified atom stereocenters. The first-order valence-corrected chi connectivity index (χ1v) is 7.88. The molecule has 1 amide bonds. The van der Waals surface area contributed by atoms with Crippen molar-refractivity contribution in [3.63, 3.8) is 0 Å². The Morgan fingerprint density at radius 2 is 2.10 bits per heavy atom. The number of likely N-dealkylation sites (tertiary alicyclic amines) is 1. The summed E-state index contributed by atoms with van der Waals surface area (Å²) in [5.74, 6) is 0.723. The van der Waals surface area contributed by atoms with Crippen molar-refractivity contribution in [1.82, 2.24) is 9.80 Å². The van der Waals surface area contributed by atoms with Gasteiger partial charge in [0.05, 0.1) is 0 Å². The highest BCUT2D eigenvalue weighted by Gasteiger charge is 2.23. The monoisotopic (exact) mass is 289 g/mol.